The van der Waals surface area contributed by atoms with Crippen molar-refractivity contribution in [1.82, 2.24) is 19.9 Å². The van der Waals surface area contributed by atoms with Crippen LogP contribution in [-0.4, -0.2) is 58.6 Å². The minimum Gasteiger partial charge on any atom is -0.339 e. The first-order chi connectivity index (χ1) is 16.0. The summed E-state index contributed by atoms with van der Waals surface area (Å²) < 4.78 is 5.39. The molecular weight excluding hydrogens is 418 g/mol. The Labute approximate surface area is 193 Å². The summed E-state index contributed by atoms with van der Waals surface area (Å²) in [5, 5.41) is 6.91. The van der Waals surface area contributed by atoms with Crippen LogP contribution in [0.4, 0.5) is 10.5 Å². The van der Waals surface area contributed by atoms with Gasteiger partial charge in [-0.1, -0.05) is 17.3 Å². The molecule has 1 aromatic heterocycles. The number of hydrogen-bond donors (Lipinski definition) is 1. The van der Waals surface area contributed by atoms with E-state index < -0.39 is 0 Å². The van der Waals surface area contributed by atoms with Gasteiger partial charge in [-0.2, -0.15) is 4.98 Å². The van der Waals surface area contributed by atoms with E-state index >= 15 is 0 Å². The van der Waals surface area contributed by atoms with Crippen molar-refractivity contribution in [2.45, 2.75) is 32.6 Å². The summed E-state index contributed by atoms with van der Waals surface area (Å²) in [5.74, 6) is 0.988. The van der Waals surface area contributed by atoms with E-state index in [9.17, 15) is 9.59 Å². The summed E-state index contributed by atoms with van der Waals surface area (Å²) in [6.45, 7) is 4.07. The van der Waals surface area contributed by atoms with Gasteiger partial charge in [-0.05, 0) is 68.1 Å². The fourth-order valence-corrected chi connectivity index (χ4v) is 3.82. The van der Waals surface area contributed by atoms with Crippen molar-refractivity contribution < 1.29 is 14.1 Å². The molecule has 2 aromatic carbocycles. The summed E-state index contributed by atoms with van der Waals surface area (Å²) in [5.41, 5.74) is 3.27. The maximum Gasteiger partial charge on any atom is 0.321 e. The van der Waals surface area contributed by atoms with Gasteiger partial charge in [0.15, 0.2) is 5.82 Å². The number of rotatable bonds is 6. The van der Waals surface area contributed by atoms with Crippen LogP contribution < -0.4 is 5.32 Å². The van der Waals surface area contributed by atoms with Crippen LogP contribution >= 0.6 is 0 Å². The summed E-state index contributed by atoms with van der Waals surface area (Å²) in [6.07, 6.45) is 3.79. The largest absolute Gasteiger partial charge is 0.339 e. The average molecular weight is 448 g/mol. The Kier molecular flexibility index (Phi) is 7.02. The average Bonchev–Trinajstić information content (AvgIpc) is 3.32. The van der Waals surface area contributed by atoms with Crippen LogP contribution in [0.15, 0.2) is 53.1 Å². The fraction of sp³-hybridized carbons (Fsp3) is 0.360. The molecule has 172 valence electrons. The van der Waals surface area contributed by atoms with Crippen molar-refractivity contribution in [3.8, 4) is 11.5 Å². The Morgan fingerprint density at radius 2 is 1.85 bits per heavy atom. The van der Waals surface area contributed by atoms with Crippen LogP contribution in [0, 0.1) is 6.92 Å². The number of carbonyl (C=O) groups is 2. The molecule has 0 saturated carbocycles. The molecule has 8 nitrogen and oxygen atoms in total. The first kappa shape index (κ1) is 22.5. The second-order valence-electron chi connectivity index (χ2n) is 8.42. The molecule has 0 aliphatic carbocycles. The molecule has 1 aliphatic rings. The molecule has 0 radical (unpaired) electrons. The van der Waals surface area contributed by atoms with Crippen LogP contribution in [0.5, 0.6) is 0 Å². The van der Waals surface area contributed by atoms with Crippen LogP contribution in [0.2, 0.25) is 0 Å². The molecule has 4 rings (SSSR count). The van der Waals surface area contributed by atoms with Crippen LogP contribution in [0.25, 0.3) is 11.5 Å². The quantitative estimate of drug-likeness (QED) is 0.606. The number of likely N-dealkylation sites (tertiary alicyclic amines) is 1. The Morgan fingerprint density at radius 1 is 1.09 bits per heavy atom. The van der Waals surface area contributed by atoms with Crippen molar-refractivity contribution in [1.29, 1.82) is 0 Å². The summed E-state index contributed by atoms with van der Waals surface area (Å²) >= 11 is 0. The molecule has 33 heavy (non-hydrogen) atoms. The molecule has 0 bridgehead atoms. The van der Waals surface area contributed by atoms with Gasteiger partial charge in [0.25, 0.3) is 11.8 Å². The van der Waals surface area contributed by atoms with Crippen molar-refractivity contribution >= 4 is 17.6 Å². The van der Waals surface area contributed by atoms with E-state index in [0.717, 1.165) is 42.7 Å². The van der Waals surface area contributed by atoms with Gasteiger partial charge in [-0.15, -0.1) is 0 Å². The summed E-state index contributed by atoms with van der Waals surface area (Å²) in [4.78, 5) is 33.0. The number of likely N-dealkylation sites (N-methyl/N-ethyl adjacent to an activating group) is 1. The van der Waals surface area contributed by atoms with Gasteiger partial charge in [-0.3, -0.25) is 4.79 Å². The van der Waals surface area contributed by atoms with E-state index in [-0.39, 0.29) is 11.9 Å². The van der Waals surface area contributed by atoms with Crippen molar-refractivity contribution in [3.05, 3.63) is 65.5 Å². The SMILES string of the molecule is Cc1cccc(NC(=O)N(C)CCc2noc(-c3ccc(C(=O)N4CCCCC4)cc3)n2)c1. The number of benzene rings is 2. The number of urea groups is 1. The highest BCUT2D eigenvalue weighted by Gasteiger charge is 2.19. The molecule has 3 amide bonds. The number of nitrogens with one attached hydrogen (secondary N) is 1. The van der Waals surface area contributed by atoms with Crippen LogP contribution in [0.1, 0.15) is 41.0 Å². The highest BCUT2D eigenvalue weighted by Crippen LogP contribution is 2.20. The maximum absolute atomic E-state index is 12.6. The standard InChI is InChI=1S/C25H29N5O3/c1-18-7-6-8-21(17-18)26-25(32)29(2)16-13-22-27-23(33-28-22)19-9-11-20(12-10-19)24(31)30-14-4-3-5-15-30/h6-12,17H,3-5,13-16H2,1-2H3,(H,26,32). The van der Waals surface area contributed by atoms with Crippen LogP contribution in [0.3, 0.4) is 0 Å². The van der Waals surface area contributed by atoms with E-state index in [1.165, 1.54) is 6.42 Å². The zero-order chi connectivity index (χ0) is 23.2. The number of aryl methyl sites for hydroxylation is 1. The lowest BCUT2D eigenvalue weighted by molar-refractivity contribution is 0.0724. The zero-order valence-electron chi connectivity index (χ0n) is 19.1. The molecule has 1 fully saturated rings. The predicted octanol–water partition coefficient (Wildman–Crippen LogP) is 4.38. The van der Waals surface area contributed by atoms with E-state index in [1.807, 2.05) is 48.2 Å². The van der Waals surface area contributed by atoms with Crippen molar-refractivity contribution in [2.24, 2.45) is 0 Å². The van der Waals surface area contributed by atoms with Gasteiger partial charge in [-0.25, -0.2) is 4.79 Å². The normalized spacial score (nSPS) is 13.6. The topological polar surface area (TPSA) is 91.6 Å². The van der Waals surface area contributed by atoms with Gasteiger partial charge in [0, 0.05) is 49.9 Å². The molecular formula is C25H29N5O3. The maximum atomic E-state index is 12.6. The van der Waals surface area contributed by atoms with E-state index in [2.05, 4.69) is 15.5 Å². The first-order valence-corrected chi connectivity index (χ1v) is 11.3. The van der Waals surface area contributed by atoms with Gasteiger partial charge in [0.1, 0.15) is 0 Å². The lowest BCUT2D eigenvalue weighted by atomic mass is 10.1. The first-order valence-electron chi connectivity index (χ1n) is 11.3. The molecule has 1 saturated heterocycles. The second kappa shape index (κ2) is 10.3. The Hall–Kier alpha value is -3.68. The Bertz CT molecular complexity index is 1100. The second-order valence-corrected chi connectivity index (χ2v) is 8.42. The summed E-state index contributed by atoms with van der Waals surface area (Å²) in [7, 11) is 1.73. The molecule has 8 heteroatoms. The number of piperidine rings is 1. The Balaban J connectivity index is 1.31. The molecule has 0 atom stereocenters. The smallest absolute Gasteiger partial charge is 0.321 e. The number of aromatic nitrogens is 2. The van der Waals surface area contributed by atoms with E-state index in [4.69, 9.17) is 4.52 Å². The molecule has 0 spiro atoms. The molecule has 2 heterocycles. The van der Waals surface area contributed by atoms with Gasteiger partial charge < -0.3 is 19.6 Å². The third-order valence-electron chi connectivity index (χ3n) is 5.78. The molecule has 1 aliphatic heterocycles. The number of anilines is 1. The minimum atomic E-state index is -0.196. The predicted molar refractivity (Wildman–Crippen MR) is 126 cm³/mol. The molecule has 0 unspecified atom stereocenters. The monoisotopic (exact) mass is 447 g/mol. The van der Waals surface area contributed by atoms with E-state index in [0.29, 0.717) is 30.2 Å². The number of amides is 3. The molecule has 1 N–H and O–H groups in total. The van der Waals surface area contributed by atoms with Gasteiger partial charge in [0.05, 0.1) is 0 Å². The van der Waals surface area contributed by atoms with Crippen molar-refractivity contribution in [2.75, 3.05) is 32.0 Å². The minimum absolute atomic E-state index is 0.0689. The van der Waals surface area contributed by atoms with Gasteiger partial charge in [0.2, 0.25) is 0 Å². The van der Waals surface area contributed by atoms with Crippen LogP contribution in [-0.2, 0) is 6.42 Å². The lowest BCUT2D eigenvalue weighted by Gasteiger charge is -2.26. The van der Waals surface area contributed by atoms with Gasteiger partial charge >= 0.3 is 6.03 Å². The highest BCUT2D eigenvalue weighted by atomic mass is 16.5. The lowest BCUT2D eigenvalue weighted by Crippen LogP contribution is -2.35. The number of nitrogens with zero attached hydrogens (tertiary/aromatic N) is 4. The molecule has 3 aromatic rings. The third kappa shape index (κ3) is 5.77. The fourth-order valence-electron chi connectivity index (χ4n) is 3.82. The number of carbonyl (C=O) groups excluding carboxylic acids is 2. The number of hydrogen-bond acceptors (Lipinski definition) is 5. The van der Waals surface area contributed by atoms with Crippen molar-refractivity contribution in [3.63, 3.8) is 0 Å². The zero-order valence-corrected chi connectivity index (χ0v) is 19.1. The highest BCUT2D eigenvalue weighted by molar-refractivity contribution is 5.94. The Morgan fingerprint density at radius 3 is 2.58 bits per heavy atom. The summed E-state index contributed by atoms with van der Waals surface area (Å²) in [6, 6.07) is 14.7. The van der Waals surface area contributed by atoms with E-state index in [1.54, 1.807) is 24.1 Å². The third-order valence-corrected chi connectivity index (χ3v) is 5.78.